The largest absolute Gasteiger partial charge is 0.464 e. The third-order valence-electron chi connectivity index (χ3n) is 2.19. The minimum Gasteiger partial charge on any atom is -0.464 e. The molecule has 0 spiro atoms. The summed E-state index contributed by atoms with van der Waals surface area (Å²) in [5, 5.41) is 0. The fourth-order valence-electron chi connectivity index (χ4n) is 1.31. The van der Waals surface area contributed by atoms with Crippen molar-refractivity contribution >= 4 is 5.97 Å². The van der Waals surface area contributed by atoms with E-state index in [0.717, 1.165) is 12.0 Å². The molecule has 0 aliphatic carbocycles. The van der Waals surface area contributed by atoms with Crippen molar-refractivity contribution in [2.24, 2.45) is 0 Å². The highest BCUT2D eigenvalue weighted by atomic mass is 16.6. The number of hydrogen-bond donors (Lipinski definition) is 0. The van der Waals surface area contributed by atoms with Gasteiger partial charge in [0.15, 0.2) is 6.10 Å². The van der Waals surface area contributed by atoms with E-state index in [1.807, 2.05) is 39.0 Å². The van der Waals surface area contributed by atoms with Crippen molar-refractivity contribution in [1.82, 2.24) is 0 Å². The maximum atomic E-state index is 11.6. The number of rotatable bonds is 8. The van der Waals surface area contributed by atoms with Crippen LogP contribution in [0, 0.1) is 0 Å². The molecular formula is C14H24O3. The van der Waals surface area contributed by atoms with Crippen LogP contribution in [0.4, 0.5) is 0 Å². The maximum absolute atomic E-state index is 11.6. The summed E-state index contributed by atoms with van der Waals surface area (Å²) < 4.78 is 10.6. The average Bonchev–Trinajstić information content (AvgIpc) is 2.32. The zero-order chi connectivity index (χ0) is 13.1. The van der Waals surface area contributed by atoms with Gasteiger partial charge in [-0.2, -0.15) is 0 Å². The SMILES string of the molecule is C/C=C\C=C(/C)COC(CCC)C(=O)OCC. The lowest BCUT2D eigenvalue weighted by Gasteiger charge is -2.15. The number of esters is 1. The summed E-state index contributed by atoms with van der Waals surface area (Å²) in [6.45, 7) is 8.64. The highest BCUT2D eigenvalue weighted by Gasteiger charge is 2.19. The zero-order valence-corrected chi connectivity index (χ0v) is 11.4. The van der Waals surface area contributed by atoms with Crippen LogP contribution >= 0.6 is 0 Å². The Kier molecular flexibility index (Phi) is 9.44. The molecule has 0 aromatic rings. The first kappa shape index (κ1) is 15.9. The highest BCUT2D eigenvalue weighted by Crippen LogP contribution is 2.07. The van der Waals surface area contributed by atoms with Crippen LogP contribution in [-0.4, -0.2) is 25.3 Å². The molecule has 3 nitrogen and oxygen atoms in total. The Labute approximate surface area is 104 Å². The monoisotopic (exact) mass is 240 g/mol. The van der Waals surface area contributed by atoms with Gasteiger partial charge in [0.05, 0.1) is 13.2 Å². The smallest absolute Gasteiger partial charge is 0.335 e. The highest BCUT2D eigenvalue weighted by molar-refractivity contribution is 5.74. The first-order valence-electron chi connectivity index (χ1n) is 6.22. The quantitative estimate of drug-likeness (QED) is 0.482. The van der Waals surface area contributed by atoms with Gasteiger partial charge in [0.2, 0.25) is 0 Å². The molecule has 0 saturated heterocycles. The lowest BCUT2D eigenvalue weighted by Crippen LogP contribution is -2.27. The Morgan fingerprint density at radius 3 is 2.59 bits per heavy atom. The molecule has 0 fully saturated rings. The maximum Gasteiger partial charge on any atom is 0.335 e. The van der Waals surface area contributed by atoms with Crippen molar-refractivity contribution in [3.63, 3.8) is 0 Å². The molecule has 0 amide bonds. The topological polar surface area (TPSA) is 35.5 Å². The van der Waals surface area contributed by atoms with E-state index in [0.29, 0.717) is 19.6 Å². The Morgan fingerprint density at radius 2 is 2.06 bits per heavy atom. The van der Waals surface area contributed by atoms with Crippen LogP contribution < -0.4 is 0 Å². The van der Waals surface area contributed by atoms with E-state index < -0.39 is 6.10 Å². The lowest BCUT2D eigenvalue weighted by atomic mass is 10.2. The second-order valence-corrected chi connectivity index (χ2v) is 3.88. The van der Waals surface area contributed by atoms with Crippen molar-refractivity contribution in [3.05, 3.63) is 23.8 Å². The fourth-order valence-corrected chi connectivity index (χ4v) is 1.31. The van der Waals surface area contributed by atoms with E-state index in [4.69, 9.17) is 9.47 Å². The van der Waals surface area contributed by atoms with Gasteiger partial charge in [0, 0.05) is 0 Å². The summed E-state index contributed by atoms with van der Waals surface area (Å²) in [6, 6.07) is 0. The number of carbonyl (C=O) groups is 1. The number of ether oxygens (including phenoxy) is 2. The second kappa shape index (κ2) is 10.1. The molecule has 17 heavy (non-hydrogen) atoms. The Balaban J connectivity index is 4.21. The van der Waals surface area contributed by atoms with E-state index in [1.165, 1.54) is 0 Å². The minimum absolute atomic E-state index is 0.256. The van der Waals surface area contributed by atoms with Crippen LogP contribution in [0.1, 0.15) is 40.5 Å². The molecule has 1 atom stereocenters. The normalized spacial score (nSPS) is 14.0. The predicted octanol–water partition coefficient (Wildman–Crippen LogP) is 3.26. The van der Waals surface area contributed by atoms with Crippen molar-refractivity contribution in [1.29, 1.82) is 0 Å². The molecule has 0 bridgehead atoms. The third-order valence-corrected chi connectivity index (χ3v) is 2.19. The predicted molar refractivity (Wildman–Crippen MR) is 69.9 cm³/mol. The van der Waals surface area contributed by atoms with Crippen LogP contribution in [0.2, 0.25) is 0 Å². The summed E-state index contributed by atoms with van der Waals surface area (Å²) in [4.78, 5) is 11.6. The number of allylic oxidation sites excluding steroid dienone is 3. The molecule has 0 aromatic carbocycles. The summed E-state index contributed by atoms with van der Waals surface area (Å²) in [5.41, 5.74) is 1.09. The summed E-state index contributed by atoms with van der Waals surface area (Å²) >= 11 is 0. The molecule has 0 heterocycles. The number of hydrogen-bond acceptors (Lipinski definition) is 3. The first-order chi connectivity index (χ1) is 8.15. The van der Waals surface area contributed by atoms with Gasteiger partial charge in [-0.25, -0.2) is 4.79 Å². The molecule has 3 heteroatoms. The number of carbonyl (C=O) groups excluding carboxylic acids is 1. The van der Waals surface area contributed by atoms with Crippen molar-refractivity contribution < 1.29 is 14.3 Å². The molecule has 98 valence electrons. The first-order valence-corrected chi connectivity index (χ1v) is 6.22. The van der Waals surface area contributed by atoms with Gasteiger partial charge < -0.3 is 9.47 Å². The average molecular weight is 240 g/mol. The van der Waals surface area contributed by atoms with Gasteiger partial charge in [0.1, 0.15) is 0 Å². The molecule has 0 radical (unpaired) electrons. The Hall–Kier alpha value is -1.09. The van der Waals surface area contributed by atoms with Gasteiger partial charge in [-0.1, -0.05) is 31.6 Å². The van der Waals surface area contributed by atoms with E-state index in [9.17, 15) is 4.79 Å². The summed E-state index contributed by atoms with van der Waals surface area (Å²) in [5.74, 6) is -0.256. The van der Waals surface area contributed by atoms with Crippen molar-refractivity contribution in [2.75, 3.05) is 13.2 Å². The van der Waals surface area contributed by atoms with Crippen LogP contribution in [-0.2, 0) is 14.3 Å². The van der Waals surface area contributed by atoms with Gasteiger partial charge >= 0.3 is 5.97 Å². The Morgan fingerprint density at radius 1 is 1.35 bits per heavy atom. The van der Waals surface area contributed by atoms with Gasteiger partial charge in [-0.3, -0.25) is 0 Å². The minimum atomic E-state index is -0.436. The second-order valence-electron chi connectivity index (χ2n) is 3.88. The molecule has 0 N–H and O–H groups in total. The summed E-state index contributed by atoms with van der Waals surface area (Å²) in [6.07, 6.45) is 7.07. The van der Waals surface area contributed by atoms with Crippen LogP contribution in [0.25, 0.3) is 0 Å². The molecule has 0 saturated carbocycles. The van der Waals surface area contributed by atoms with Crippen molar-refractivity contribution in [3.8, 4) is 0 Å². The molecular weight excluding hydrogens is 216 g/mol. The summed E-state index contributed by atoms with van der Waals surface area (Å²) in [7, 11) is 0. The van der Waals surface area contributed by atoms with Gasteiger partial charge in [-0.05, 0) is 32.8 Å². The van der Waals surface area contributed by atoms with E-state index >= 15 is 0 Å². The Bertz CT molecular complexity index is 267. The standard InChI is InChI=1S/C14H24O3/c1-5-8-10-12(4)11-17-13(9-6-2)14(15)16-7-3/h5,8,10,13H,6-7,9,11H2,1-4H3/b8-5-,12-10+. The molecule has 0 aliphatic heterocycles. The van der Waals surface area contributed by atoms with E-state index in [1.54, 1.807) is 6.92 Å². The van der Waals surface area contributed by atoms with E-state index in [-0.39, 0.29) is 5.97 Å². The lowest BCUT2D eigenvalue weighted by molar-refractivity contribution is -0.156. The third kappa shape index (κ3) is 7.75. The zero-order valence-electron chi connectivity index (χ0n) is 11.4. The van der Waals surface area contributed by atoms with Crippen LogP contribution in [0.3, 0.4) is 0 Å². The van der Waals surface area contributed by atoms with E-state index in [2.05, 4.69) is 0 Å². The van der Waals surface area contributed by atoms with Gasteiger partial charge in [-0.15, -0.1) is 0 Å². The molecule has 1 unspecified atom stereocenters. The van der Waals surface area contributed by atoms with Crippen LogP contribution in [0.15, 0.2) is 23.8 Å². The fraction of sp³-hybridized carbons (Fsp3) is 0.643. The van der Waals surface area contributed by atoms with Crippen LogP contribution in [0.5, 0.6) is 0 Å². The van der Waals surface area contributed by atoms with Gasteiger partial charge in [0.25, 0.3) is 0 Å². The van der Waals surface area contributed by atoms with Crippen molar-refractivity contribution in [2.45, 2.75) is 46.6 Å². The molecule has 0 rings (SSSR count). The molecule has 0 aromatic heterocycles. The molecule has 0 aliphatic rings.